The zero-order valence-corrected chi connectivity index (χ0v) is 11.7. The Morgan fingerprint density at radius 2 is 2.00 bits per heavy atom. The van der Waals surface area contributed by atoms with Crippen LogP contribution in [0.25, 0.3) is 6.08 Å². The van der Waals surface area contributed by atoms with E-state index in [4.69, 9.17) is 9.47 Å². The summed E-state index contributed by atoms with van der Waals surface area (Å²) >= 11 is 0. The van der Waals surface area contributed by atoms with E-state index >= 15 is 0 Å². The van der Waals surface area contributed by atoms with Gasteiger partial charge in [-0.3, -0.25) is 4.79 Å². The number of Topliss-reactive ketones (excluding diaryl/α,β-unsaturated/α-hetero) is 1. The highest BCUT2D eigenvalue weighted by atomic mass is 16.5. The molecule has 1 N–H and O–H groups in total. The number of aryl methyl sites for hydroxylation is 1. The van der Waals surface area contributed by atoms with E-state index in [1.54, 1.807) is 24.3 Å². The average Bonchev–Trinajstić information content (AvgIpc) is 2.76. The highest BCUT2D eigenvalue weighted by Crippen LogP contribution is 2.33. The lowest BCUT2D eigenvalue weighted by Crippen LogP contribution is -1.98. The van der Waals surface area contributed by atoms with E-state index < -0.39 is 0 Å². The van der Waals surface area contributed by atoms with Crippen LogP contribution in [0.1, 0.15) is 21.5 Å². The molecular weight excluding hydrogens is 268 g/mol. The Morgan fingerprint density at radius 3 is 2.76 bits per heavy atom. The van der Waals surface area contributed by atoms with Crippen LogP contribution < -0.4 is 9.47 Å². The minimum atomic E-state index is -0.142. The van der Waals surface area contributed by atoms with Gasteiger partial charge in [0.2, 0.25) is 5.78 Å². The maximum Gasteiger partial charge on any atom is 0.231 e. The van der Waals surface area contributed by atoms with E-state index in [1.807, 2.05) is 19.1 Å². The predicted octanol–water partition coefficient (Wildman–Crippen LogP) is 3.33. The molecule has 1 aliphatic heterocycles. The van der Waals surface area contributed by atoms with E-state index in [2.05, 4.69) is 0 Å². The number of hydrogen-bond donors (Lipinski definition) is 1. The third kappa shape index (κ3) is 2.36. The standard InChI is InChI=1S/C17H14O4/c1-10-3-5-12-14(7-10)21-16(17(12)19)9-11-4-6-13(18)15(8-11)20-2/h3-9,18H,1-2H3/b16-9+. The van der Waals surface area contributed by atoms with Crippen LogP contribution in [0.3, 0.4) is 0 Å². The van der Waals surface area contributed by atoms with E-state index in [0.717, 1.165) is 11.1 Å². The zero-order chi connectivity index (χ0) is 15.0. The minimum Gasteiger partial charge on any atom is -0.504 e. The first-order chi connectivity index (χ1) is 10.1. The Morgan fingerprint density at radius 1 is 1.19 bits per heavy atom. The number of benzene rings is 2. The van der Waals surface area contributed by atoms with Crippen LogP contribution in [0.2, 0.25) is 0 Å². The van der Waals surface area contributed by atoms with Crippen molar-refractivity contribution < 1.29 is 19.4 Å². The molecule has 106 valence electrons. The third-order valence-electron chi connectivity index (χ3n) is 3.33. The van der Waals surface area contributed by atoms with Crippen LogP contribution in [-0.2, 0) is 0 Å². The molecule has 0 radical (unpaired) electrons. The molecule has 1 heterocycles. The molecular formula is C17H14O4. The van der Waals surface area contributed by atoms with Crippen molar-refractivity contribution in [1.29, 1.82) is 0 Å². The number of rotatable bonds is 2. The van der Waals surface area contributed by atoms with Gasteiger partial charge in [-0.05, 0) is 48.4 Å². The van der Waals surface area contributed by atoms with Gasteiger partial charge in [0.15, 0.2) is 17.3 Å². The lowest BCUT2D eigenvalue weighted by molar-refractivity contribution is 0.101. The molecule has 1 aliphatic rings. The van der Waals surface area contributed by atoms with Crippen LogP contribution in [0.15, 0.2) is 42.2 Å². The second kappa shape index (κ2) is 4.98. The molecule has 0 unspecified atom stereocenters. The highest BCUT2D eigenvalue weighted by Gasteiger charge is 2.27. The fourth-order valence-electron chi connectivity index (χ4n) is 2.23. The molecule has 0 atom stereocenters. The van der Waals surface area contributed by atoms with Gasteiger partial charge in [-0.25, -0.2) is 0 Å². The van der Waals surface area contributed by atoms with Crippen LogP contribution in [0.5, 0.6) is 17.2 Å². The molecule has 21 heavy (non-hydrogen) atoms. The van der Waals surface area contributed by atoms with Crippen LogP contribution in [0, 0.1) is 6.92 Å². The first kappa shape index (κ1) is 13.2. The SMILES string of the molecule is COc1cc(/C=C2/Oc3cc(C)ccc3C2=O)ccc1O. The summed E-state index contributed by atoms with van der Waals surface area (Å²) in [4.78, 5) is 12.3. The quantitative estimate of drug-likeness (QED) is 0.858. The summed E-state index contributed by atoms with van der Waals surface area (Å²) in [6.07, 6.45) is 1.64. The van der Waals surface area contributed by atoms with Gasteiger partial charge >= 0.3 is 0 Å². The van der Waals surface area contributed by atoms with E-state index in [0.29, 0.717) is 17.1 Å². The van der Waals surface area contributed by atoms with Gasteiger partial charge < -0.3 is 14.6 Å². The van der Waals surface area contributed by atoms with Crippen LogP contribution in [-0.4, -0.2) is 18.0 Å². The number of carbonyl (C=O) groups is 1. The summed E-state index contributed by atoms with van der Waals surface area (Å²) in [7, 11) is 1.47. The number of carbonyl (C=O) groups excluding carboxylic acids is 1. The fourth-order valence-corrected chi connectivity index (χ4v) is 2.23. The molecule has 0 aromatic heterocycles. The first-order valence-electron chi connectivity index (χ1n) is 6.50. The number of hydrogen-bond acceptors (Lipinski definition) is 4. The molecule has 0 saturated carbocycles. The van der Waals surface area contributed by atoms with Crippen LogP contribution in [0.4, 0.5) is 0 Å². The molecule has 3 rings (SSSR count). The lowest BCUT2D eigenvalue weighted by Gasteiger charge is -2.04. The number of fused-ring (bicyclic) bond motifs is 1. The summed E-state index contributed by atoms with van der Waals surface area (Å²) in [5.41, 5.74) is 2.32. The van der Waals surface area contributed by atoms with Crippen molar-refractivity contribution >= 4 is 11.9 Å². The second-order valence-corrected chi connectivity index (χ2v) is 4.87. The molecule has 2 aromatic carbocycles. The molecule has 0 spiro atoms. The highest BCUT2D eigenvalue weighted by molar-refractivity contribution is 6.14. The van der Waals surface area contributed by atoms with Gasteiger partial charge in [-0.1, -0.05) is 12.1 Å². The molecule has 4 nitrogen and oxygen atoms in total. The van der Waals surface area contributed by atoms with Crippen molar-refractivity contribution in [1.82, 2.24) is 0 Å². The smallest absolute Gasteiger partial charge is 0.231 e. The Balaban J connectivity index is 1.97. The first-order valence-corrected chi connectivity index (χ1v) is 6.50. The fraction of sp³-hybridized carbons (Fsp3) is 0.118. The van der Waals surface area contributed by atoms with E-state index in [-0.39, 0.29) is 17.3 Å². The van der Waals surface area contributed by atoms with Crippen molar-refractivity contribution in [2.75, 3.05) is 7.11 Å². The number of ether oxygens (including phenoxy) is 2. The molecule has 0 fully saturated rings. The topological polar surface area (TPSA) is 55.8 Å². The Labute approximate surface area is 122 Å². The minimum absolute atomic E-state index is 0.0530. The number of phenolic OH excluding ortho intramolecular Hbond substituents is 1. The largest absolute Gasteiger partial charge is 0.504 e. The average molecular weight is 282 g/mol. The maximum atomic E-state index is 12.3. The molecule has 0 saturated heterocycles. The van der Waals surface area contributed by atoms with Gasteiger partial charge in [-0.2, -0.15) is 0 Å². The predicted molar refractivity (Wildman–Crippen MR) is 78.8 cm³/mol. The van der Waals surface area contributed by atoms with Gasteiger partial charge in [0.05, 0.1) is 12.7 Å². The van der Waals surface area contributed by atoms with Gasteiger partial charge in [0.1, 0.15) is 5.75 Å². The zero-order valence-electron chi connectivity index (χ0n) is 11.7. The molecule has 0 bridgehead atoms. The van der Waals surface area contributed by atoms with Crippen LogP contribution >= 0.6 is 0 Å². The monoisotopic (exact) mass is 282 g/mol. The van der Waals surface area contributed by atoms with Gasteiger partial charge in [0.25, 0.3) is 0 Å². The lowest BCUT2D eigenvalue weighted by atomic mass is 10.1. The molecule has 0 amide bonds. The van der Waals surface area contributed by atoms with E-state index in [9.17, 15) is 9.90 Å². The second-order valence-electron chi connectivity index (χ2n) is 4.87. The number of phenols is 1. The van der Waals surface area contributed by atoms with Crippen molar-refractivity contribution in [3.63, 3.8) is 0 Å². The number of methoxy groups -OCH3 is 1. The summed E-state index contributed by atoms with van der Waals surface area (Å²) in [5.74, 6) is 1.11. The molecule has 2 aromatic rings. The number of allylic oxidation sites excluding steroid dienone is 1. The Hall–Kier alpha value is -2.75. The van der Waals surface area contributed by atoms with Crippen molar-refractivity contribution in [2.24, 2.45) is 0 Å². The maximum absolute atomic E-state index is 12.3. The molecule has 4 heteroatoms. The molecule has 0 aliphatic carbocycles. The summed E-state index contributed by atoms with van der Waals surface area (Å²) in [6, 6.07) is 10.3. The Bertz CT molecular complexity index is 759. The number of ketones is 1. The van der Waals surface area contributed by atoms with Gasteiger partial charge in [-0.15, -0.1) is 0 Å². The van der Waals surface area contributed by atoms with E-state index in [1.165, 1.54) is 13.2 Å². The van der Waals surface area contributed by atoms with Gasteiger partial charge in [0, 0.05) is 0 Å². The third-order valence-corrected chi connectivity index (χ3v) is 3.33. The Kier molecular flexibility index (Phi) is 3.14. The summed E-state index contributed by atoms with van der Waals surface area (Å²) in [5, 5.41) is 9.58. The number of aromatic hydroxyl groups is 1. The summed E-state index contributed by atoms with van der Waals surface area (Å²) in [6.45, 7) is 1.95. The normalized spacial score (nSPS) is 15.0. The van der Waals surface area contributed by atoms with Crippen molar-refractivity contribution in [3.05, 3.63) is 58.8 Å². The van der Waals surface area contributed by atoms with Crippen molar-refractivity contribution in [3.8, 4) is 17.2 Å². The summed E-state index contributed by atoms with van der Waals surface area (Å²) < 4.78 is 10.7. The van der Waals surface area contributed by atoms with Crippen molar-refractivity contribution in [2.45, 2.75) is 6.92 Å².